The third-order valence-electron chi connectivity index (χ3n) is 2.33. The van der Waals surface area contributed by atoms with Crippen molar-refractivity contribution in [1.82, 2.24) is 14.9 Å². The van der Waals surface area contributed by atoms with Gasteiger partial charge in [0.1, 0.15) is 0 Å². The molecule has 0 aliphatic heterocycles. The zero-order valence-electron chi connectivity index (χ0n) is 10.5. The number of aromatic nitrogens is 3. The zero-order valence-corrected chi connectivity index (χ0v) is 12.8. The first kappa shape index (κ1) is 15.7. The van der Waals surface area contributed by atoms with Crippen LogP contribution in [0.4, 0.5) is 11.6 Å². The van der Waals surface area contributed by atoms with Crippen molar-refractivity contribution in [3.05, 3.63) is 28.2 Å². The highest BCUT2D eigenvalue weighted by Crippen LogP contribution is 2.26. The van der Waals surface area contributed by atoms with Crippen molar-refractivity contribution < 1.29 is 4.79 Å². The molecule has 0 spiro atoms. The lowest BCUT2D eigenvalue weighted by Gasteiger charge is -2.07. The van der Waals surface area contributed by atoms with E-state index in [9.17, 15) is 4.79 Å². The molecule has 2 rings (SSSR count). The van der Waals surface area contributed by atoms with Gasteiger partial charge in [-0.25, -0.2) is 10.5 Å². The summed E-state index contributed by atoms with van der Waals surface area (Å²) < 4.78 is 1.14. The fraction of sp³-hybridized carbons (Fsp3) is 0.100. The fourth-order valence-electron chi connectivity index (χ4n) is 1.38. The molecule has 0 aliphatic carbocycles. The smallest absolute Gasteiger partial charge is 0.258 e. The van der Waals surface area contributed by atoms with E-state index < -0.39 is 0 Å². The Labute approximate surface area is 134 Å². The number of nitrogen functional groups attached to an aromatic ring is 2. The molecule has 0 radical (unpaired) electrons. The number of benzene rings is 1. The number of nitrogens with two attached hydrogens (primary N) is 2. The van der Waals surface area contributed by atoms with Crippen LogP contribution in [0.2, 0.25) is 10.0 Å². The third kappa shape index (κ3) is 3.91. The quantitative estimate of drug-likeness (QED) is 0.365. The molecule has 6 N–H and O–H groups in total. The summed E-state index contributed by atoms with van der Waals surface area (Å²) >= 11 is 12.9. The second-order valence-electron chi connectivity index (χ2n) is 3.78. The number of anilines is 2. The van der Waals surface area contributed by atoms with Crippen LogP contribution in [-0.4, -0.2) is 26.5 Å². The van der Waals surface area contributed by atoms with Crippen molar-refractivity contribution >= 4 is 52.5 Å². The Morgan fingerprint density at radius 3 is 2.81 bits per heavy atom. The lowest BCUT2D eigenvalue weighted by Crippen LogP contribution is -2.19. The molecule has 0 bridgehead atoms. The maximum Gasteiger partial charge on any atom is 0.258 e. The molecule has 0 saturated carbocycles. The van der Waals surface area contributed by atoms with Crippen LogP contribution < -0.4 is 22.4 Å². The van der Waals surface area contributed by atoms with Gasteiger partial charge in [0.05, 0.1) is 16.5 Å². The molecule has 1 heterocycles. The molecule has 21 heavy (non-hydrogen) atoms. The van der Waals surface area contributed by atoms with E-state index in [2.05, 4.69) is 20.9 Å². The van der Waals surface area contributed by atoms with Gasteiger partial charge in [-0.2, -0.15) is 0 Å². The van der Waals surface area contributed by atoms with Gasteiger partial charge in [0, 0.05) is 5.02 Å². The molecule has 0 atom stereocenters. The molecule has 1 aromatic heterocycles. The van der Waals surface area contributed by atoms with Crippen molar-refractivity contribution in [2.75, 3.05) is 22.3 Å². The maximum absolute atomic E-state index is 11.9. The number of amides is 1. The van der Waals surface area contributed by atoms with Gasteiger partial charge in [0.25, 0.3) is 5.95 Å². The molecule has 8 nitrogen and oxygen atoms in total. The molecule has 0 aliphatic rings. The molecule has 1 amide bonds. The van der Waals surface area contributed by atoms with Gasteiger partial charge < -0.3 is 11.2 Å². The Morgan fingerprint density at radius 1 is 1.38 bits per heavy atom. The number of thioether (sulfide) groups is 1. The summed E-state index contributed by atoms with van der Waals surface area (Å²) in [7, 11) is 0. The monoisotopic (exact) mass is 347 g/mol. The largest absolute Gasteiger partial charge is 0.334 e. The van der Waals surface area contributed by atoms with Crippen molar-refractivity contribution in [3.8, 4) is 0 Å². The van der Waals surface area contributed by atoms with Crippen LogP contribution in [-0.2, 0) is 4.79 Å². The summed E-state index contributed by atoms with van der Waals surface area (Å²) in [5.74, 6) is 10.8. The highest BCUT2D eigenvalue weighted by molar-refractivity contribution is 7.99. The van der Waals surface area contributed by atoms with E-state index in [-0.39, 0.29) is 17.6 Å². The van der Waals surface area contributed by atoms with Gasteiger partial charge in [-0.05, 0) is 18.2 Å². The van der Waals surface area contributed by atoms with E-state index in [1.165, 1.54) is 0 Å². The number of hydrogen-bond donors (Lipinski definition) is 4. The summed E-state index contributed by atoms with van der Waals surface area (Å²) in [6.07, 6.45) is 0. The van der Waals surface area contributed by atoms with Crippen molar-refractivity contribution in [2.24, 2.45) is 5.84 Å². The summed E-state index contributed by atoms with van der Waals surface area (Å²) in [4.78, 5) is 11.9. The minimum absolute atomic E-state index is 0.0722. The zero-order chi connectivity index (χ0) is 15.4. The number of carbonyl (C=O) groups is 1. The Balaban J connectivity index is 1.96. The highest BCUT2D eigenvalue weighted by Gasteiger charge is 2.12. The van der Waals surface area contributed by atoms with Crippen LogP contribution >= 0.6 is 35.0 Å². The van der Waals surface area contributed by atoms with Gasteiger partial charge in [-0.1, -0.05) is 35.0 Å². The predicted molar refractivity (Wildman–Crippen MR) is 83.8 cm³/mol. The normalized spacial score (nSPS) is 10.4. The molecule has 2 aromatic rings. The minimum Gasteiger partial charge on any atom is -0.334 e. The maximum atomic E-state index is 11.9. The number of rotatable bonds is 5. The Hall–Kier alpha value is -1.68. The van der Waals surface area contributed by atoms with Crippen LogP contribution in [0.3, 0.4) is 0 Å². The first-order chi connectivity index (χ1) is 10.0. The fourth-order valence-corrected chi connectivity index (χ4v) is 2.38. The van der Waals surface area contributed by atoms with Gasteiger partial charge in [0.15, 0.2) is 0 Å². The third-order valence-corrected chi connectivity index (χ3v) is 3.84. The standard InChI is InChI=1S/C10H11Cl2N7OS/c11-5-1-2-6(12)7(3-5)15-8(20)4-21-10-18-17-9(16-13)19(10)14/h1-3H,4,13-14H2,(H,15,20)(H,16,17). The Morgan fingerprint density at radius 2 is 2.14 bits per heavy atom. The number of nitrogens with one attached hydrogen (secondary N) is 2. The average Bonchev–Trinajstić information content (AvgIpc) is 2.81. The molecule has 0 unspecified atom stereocenters. The molecule has 11 heteroatoms. The van der Waals surface area contributed by atoms with Gasteiger partial charge in [-0.15, -0.1) is 10.2 Å². The van der Waals surface area contributed by atoms with E-state index in [0.717, 1.165) is 16.4 Å². The van der Waals surface area contributed by atoms with Crippen LogP contribution in [0.15, 0.2) is 23.4 Å². The van der Waals surface area contributed by atoms with Gasteiger partial charge >= 0.3 is 0 Å². The highest BCUT2D eigenvalue weighted by atomic mass is 35.5. The second-order valence-corrected chi connectivity index (χ2v) is 5.57. The minimum atomic E-state index is -0.283. The van der Waals surface area contributed by atoms with Crippen molar-refractivity contribution in [1.29, 1.82) is 0 Å². The molecule has 112 valence electrons. The van der Waals surface area contributed by atoms with Crippen molar-refractivity contribution in [3.63, 3.8) is 0 Å². The molecule has 1 aromatic carbocycles. The van der Waals surface area contributed by atoms with Crippen LogP contribution in [0, 0.1) is 0 Å². The van der Waals surface area contributed by atoms with Crippen LogP contribution in [0.1, 0.15) is 0 Å². The van der Waals surface area contributed by atoms with E-state index in [0.29, 0.717) is 20.9 Å². The Kier molecular flexibility index (Phi) is 5.12. The average molecular weight is 348 g/mol. The number of halogens is 2. The van der Waals surface area contributed by atoms with Crippen molar-refractivity contribution in [2.45, 2.75) is 5.16 Å². The van der Waals surface area contributed by atoms with E-state index >= 15 is 0 Å². The Bertz CT molecular complexity index is 663. The number of hydrazine groups is 1. The number of hydrogen-bond acceptors (Lipinski definition) is 7. The topological polar surface area (TPSA) is 124 Å². The van der Waals surface area contributed by atoms with E-state index in [4.69, 9.17) is 34.9 Å². The van der Waals surface area contributed by atoms with Crippen LogP contribution in [0.5, 0.6) is 0 Å². The van der Waals surface area contributed by atoms with Gasteiger partial charge in [0.2, 0.25) is 11.1 Å². The summed E-state index contributed by atoms with van der Waals surface area (Å²) in [5, 5.41) is 11.3. The summed E-state index contributed by atoms with van der Waals surface area (Å²) in [6, 6.07) is 4.79. The SMILES string of the molecule is NNc1nnc(SCC(=O)Nc2cc(Cl)ccc2Cl)n1N. The molecular weight excluding hydrogens is 337 g/mol. The van der Waals surface area contributed by atoms with Gasteiger partial charge in [-0.3, -0.25) is 10.2 Å². The first-order valence-corrected chi connectivity index (χ1v) is 7.30. The number of nitrogens with zero attached hydrogens (tertiary/aromatic N) is 3. The molecule has 0 saturated heterocycles. The predicted octanol–water partition coefficient (Wildman–Crippen LogP) is 1.32. The second kappa shape index (κ2) is 6.85. The van der Waals surface area contributed by atoms with Crippen LogP contribution in [0.25, 0.3) is 0 Å². The van der Waals surface area contributed by atoms with E-state index in [1.54, 1.807) is 18.2 Å². The van der Waals surface area contributed by atoms with E-state index in [1.807, 2.05) is 0 Å². The number of carbonyl (C=O) groups excluding carboxylic acids is 1. The summed E-state index contributed by atoms with van der Waals surface area (Å²) in [6.45, 7) is 0. The lowest BCUT2D eigenvalue weighted by molar-refractivity contribution is -0.113. The first-order valence-electron chi connectivity index (χ1n) is 5.56. The molecular formula is C10H11Cl2N7OS. The molecule has 0 fully saturated rings. The summed E-state index contributed by atoms with van der Waals surface area (Å²) in [5.41, 5.74) is 2.71. The lowest BCUT2D eigenvalue weighted by atomic mass is 10.3.